The van der Waals surface area contributed by atoms with Crippen molar-refractivity contribution in [2.45, 2.75) is 18.9 Å². The number of unbranched alkanes of at least 4 members (excludes halogenated alkanes) is 1. The maximum absolute atomic E-state index is 10.5. The van der Waals surface area contributed by atoms with Crippen molar-refractivity contribution < 1.29 is 19.4 Å². The third-order valence-corrected chi connectivity index (χ3v) is 6.55. The monoisotopic (exact) mass is 457 g/mol. The van der Waals surface area contributed by atoms with Gasteiger partial charge in [-0.2, -0.15) is 0 Å². The highest BCUT2D eigenvalue weighted by atomic mass is 35.8. The SMILES string of the molecule is COc1cc(-c2ccc(/C=C/C(=O)[O-])cc2)ccc1OCCCC[Si](Cl)(Cl)Cl. The predicted molar refractivity (Wildman–Crippen MR) is 115 cm³/mol. The van der Waals surface area contributed by atoms with E-state index in [1.807, 2.05) is 42.5 Å². The first-order valence-corrected chi connectivity index (χ1v) is 13.9. The molecule has 0 saturated heterocycles. The number of rotatable bonds is 10. The number of carboxylic acids is 1. The van der Waals surface area contributed by atoms with Crippen LogP contribution in [0, 0.1) is 0 Å². The Morgan fingerprint density at radius 3 is 2.32 bits per heavy atom. The maximum atomic E-state index is 10.5. The number of benzene rings is 2. The van der Waals surface area contributed by atoms with Gasteiger partial charge in [-0.15, -0.1) is 33.2 Å². The minimum Gasteiger partial charge on any atom is -0.545 e. The van der Waals surface area contributed by atoms with Gasteiger partial charge in [0.05, 0.1) is 19.7 Å². The van der Waals surface area contributed by atoms with Crippen molar-refractivity contribution in [3.05, 3.63) is 54.1 Å². The van der Waals surface area contributed by atoms with Gasteiger partial charge in [0.1, 0.15) is 0 Å². The molecule has 28 heavy (non-hydrogen) atoms. The third-order valence-electron chi connectivity index (χ3n) is 3.93. The molecule has 0 atom stereocenters. The fourth-order valence-corrected chi connectivity index (χ4v) is 4.38. The molecule has 0 radical (unpaired) electrons. The lowest BCUT2D eigenvalue weighted by Gasteiger charge is -2.13. The molecule has 0 spiro atoms. The summed E-state index contributed by atoms with van der Waals surface area (Å²) in [5.41, 5.74) is 2.71. The van der Waals surface area contributed by atoms with E-state index in [-0.39, 0.29) is 0 Å². The quantitative estimate of drug-likeness (QED) is 0.219. The fourth-order valence-electron chi connectivity index (χ4n) is 2.53. The molecule has 8 heteroatoms. The number of carbonyl (C=O) groups excluding carboxylic acids is 1. The standard InChI is InChI=1S/C20H21Cl3O4Si/c1-26-19-14-17(16-7-4-15(5-8-16)6-11-20(24)25)9-10-18(19)27-12-2-3-13-28(21,22)23/h4-11,14H,2-3,12-13H2,1H3,(H,24,25)/p-1/b11-6+. The van der Waals surface area contributed by atoms with Crippen molar-refractivity contribution in [1.29, 1.82) is 0 Å². The smallest absolute Gasteiger partial charge is 0.341 e. The topological polar surface area (TPSA) is 58.6 Å². The normalized spacial score (nSPS) is 11.6. The fraction of sp³-hybridized carbons (Fsp3) is 0.250. The summed E-state index contributed by atoms with van der Waals surface area (Å²) in [4.78, 5) is 10.5. The van der Waals surface area contributed by atoms with Crippen LogP contribution in [-0.2, 0) is 4.79 Å². The lowest BCUT2D eigenvalue weighted by atomic mass is 10.0. The summed E-state index contributed by atoms with van der Waals surface area (Å²) in [5, 5.41) is 10.5. The minimum absolute atomic E-state index is 0.518. The molecule has 0 heterocycles. The van der Waals surface area contributed by atoms with Gasteiger partial charge in [0, 0.05) is 0 Å². The van der Waals surface area contributed by atoms with Crippen LogP contribution in [0.1, 0.15) is 18.4 Å². The molecule has 0 aliphatic heterocycles. The molecule has 0 N–H and O–H groups in total. The Hall–Kier alpha value is -1.66. The number of carboxylic acid groups (broad SMARTS) is 1. The van der Waals surface area contributed by atoms with Gasteiger partial charge in [0.2, 0.25) is 0 Å². The Bertz CT molecular complexity index is 817. The largest absolute Gasteiger partial charge is 0.545 e. The second kappa shape index (κ2) is 10.8. The average Bonchev–Trinajstić information content (AvgIpc) is 2.65. The van der Waals surface area contributed by atoms with Crippen molar-refractivity contribution in [1.82, 2.24) is 0 Å². The first-order valence-electron chi connectivity index (χ1n) is 8.65. The van der Waals surface area contributed by atoms with Gasteiger partial charge in [0.25, 0.3) is 0 Å². The van der Waals surface area contributed by atoms with Crippen LogP contribution in [0.2, 0.25) is 6.04 Å². The van der Waals surface area contributed by atoms with Crippen LogP contribution in [0.25, 0.3) is 17.2 Å². The molecule has 0 aliphatic carbocycles. The van der Waals surface area contributed by atoms with Crippen molar-refractivity contribution >= 4 is 51.3 Å². The van der Waals surface area contributed by atoms with Gasteiger partial charge in [-0.1, -0.05) is 36.4 Å². The lowest BCUT2D eigenvalue weighted by Crippen LogP contribution is -2.18. The van der Waals surface area contributed by atoms with E-state index in [1.165, 1.54) is 6.08 Å². The van der Waals surface area contributed by atoms with Crippen LogP contribution >= 0.6 is 33.2 Å². The zero-order valence-corrected chi connectivity index (χ0v) is 18.6. The van der Waals surface area contributed by atoms with Crippen LogP contribution in [0.4, 0.5) is 0 Å². The minimum atomic E-state index is -2.56. The Morgan fingerprint density at radius 1 is 1.04 bits per heavy atom. The van der Waals surface area contributed by atoms with Crippen LogP contribution < -0.4 is 14.6 Å². The van der Waals surface area contributed by atoms with Crippen molar-refractivity contribution in [3.8, 4) is 22.6 Å². The van der Waals surface area contributed by atoms with Gasteiger partial charge in [0.15, 0.2) is 11.5 Å². The van der Waals surface area contributed by atoms with Gasteiger partial charge < -0.3 is 19.4 Å². The highest BCUT2D eigenvalue weighted by molar-refractivity contribution is 7.64. The molecular formula is C20H20Cl3O4Si-. The average molecular weight is 459 g/mol. The van der Waals surface area contributed by atoms with Crippen molar-refractivity contribution in [2.24, 2.45) is 0 Å². The molecule has 0 fully saturated rings. The Labute approximate surface area is 179 Å². The zero-order chi connectivity index (χ0) is 20.6. The van der Waals surface area contributed by atoms with Crippen molar-refractivity contribution in [2.75, 3.05) is 13.7 Å². The summed E-state index contributed by atoms with van der Waals surface area (Å²) < 4.78 is 11.2. The second-order valence-corrected chi connectivity index (χ2v) is 15.3. The van der Waals surface area contributed by atoms with E-state index in [0.717, 1.165) is 35.6 Å². The molecule has 0 bridgehead atoms. The summed E-state index contributed by atoms with van der Waals surface area (Å²) in [5.74, 6) is 0.0684. The molecule has 150 valence electrons. The van der Waals surface area contributed by atoms with E-state index in [1.54, 1.807) is 7.11 Å². The van der Waals surface area contributed by atoms with Gasteiger partial charge in [-0.05, 0) is 53.8 Å². The second-order valence-electron chi connectivity index (χ2n) is 6.06. The summed E-state index contributed by atoms with van der Waals surface area (Å²) in [6.45, 7) is 0.518. The molecule has 2 aromatic rings. The lowest BCUT2D eigenvalue weighted by molar-refractivity contribution is -0.297. The Morgan fingerprint density at radius 2 is 1.71 bits per heavy atom. The number of ether oxygens (including phenoxy) is 2. The van der Waals surface area contributed by atoms with E-state index in [4.69, 9.17) is 42.7 Å². The molecule has 0 aromatic heterocycles. The number of carbonyl (C=O) groups is 1. The summed E-state index contributed by atoms with van der Waals surface area (Å²) >= 11 is 17.6. The molecule has 0 aliphatic rings. The van der Waals surface area contributed by atoms with Gasteiger partial charge >= 0.3 is 6.00 Å². The Balaban J connectivity index is 2.01. The van der Waals surface area contributed by atoms with E-state index < -0.39 is 12.0 Å². The highest BCUT2D eigenvalue weighted by Crippen LogP contribution is 2.33. The number of aliphatic carboxylic acids is 1. The number of hydrogen-bond donors (Lipinski definition) is 0. The molecule has 4 nitrogen and oxygen atoms in total. The van der Waals surface area contributed by atoms with Crippen LogP contribution in [0.5, 0.6) is 11.5 Å². The van der Waals surface area contributed by atoms with Crippen LogP contribution in [0.3, 0.4) is 0 Å². The van der Waals surface area contributed by atoms with E-state index >= 15 is 0 Å². The molecule has 0 saturated carbocycles. The summed E-state index contributed by atoms with van der Waals surface area (Å²) in [6, 6.07) is 11.2. The molecular weight excluding hydrogens is 439 g/mol. The number of hydrogen-bond acceptors (Lipinski definition) is 4. The number of halogens is 3. The highest BCUT2D eigenvalue weighted by Gasteiger charge is 2.23. The molecule has 2 rings (SSSR count). The summed E-state index contributed by atoms with van der Waals surface area (Å²) in [6.07, 6.45) is 4.09. The predicted octanol–water partition coefficient (Wildman–Crippen LogP) is 4.94. The van der Waals surface area contributed by atoms with E-state index in [9.17, 15) is 9.90 Å². The van der Waals surface area contributed by atoms with Crippen LogP contribution in [-0.4, -0.2) is 25.7 Å². The Kier molecular flexibility index (Phi) is 8.70. The third kappa shape index (κ3) is 7.76. The van der Waals surface area contributed by atoms with E-state index in [0.29, 0.717) is 24.2 Å². The molecule has 2 aromatic carbocycles. The van der Waals surface area contributed by atoms with Gasteiger partial charge in [-0.3, -0.25) is 0 Å². The molecule has 0 amide bonds. The first-order chi connectivity index (χ1) is 13.3. The zero-order valence-electron chi connectivity index (χ0n) is 15.3. The van der Waals surface area contributed by atoms with E-state index in [2.05, 4.69) is 0 Å². The number of methoxy groups -OCH3 is 1. The maximum Gasteiger partial charge on any atom is 0.341 e. The van der Waals surface area contributed by atoms with Gasteiger partial charge in [-0.25, -0.2) is 0 Å². The molecule has 0 unspecified atom stereocenters. The first kappa shape index (κ1) is 22.6. The summed E-state index contributed by atoms with van der Waals surface area (Å²) in [7, 11) is 1.59. The van der Waals surface area contributed by atoms with Crippen LogP contribution in [0.15, 0.2) is 48.5 Å². The van der Waals surface area contributed by atoms with Crippen molar-refractivity contribution in [3.63, 3.8) is 0 Å².